The SMILES string of the molecule is S=C(SSc1ccccc1)SC(=S)Sc1ccccc1. The highest BCUT2D eigenvalue weighted by Crippen LogP contribution is 2.38. The molecule has 20 heavy (non-hydrogen) atoms. The van der Waals surface area contributed by atoms with Crippen LogP contribution in [0.3, 0.4) is 0 Å². The van der Waals surface area contributed by atoms with E-state index in [1.165, 1.54) is 16.7 Å². The van der Waals surface area contributed by atoms with Crippen LogP contribution in [0.15, 0.2) is 70.5 Å². The quantitative estimate of drug-likeness (QED) is 0.340. The summed E-state index contributed by atoms with van der Waals surface area (Å²) in [5, 5.41) is 0. The Balaban J connectivity index is 1.75. The Hall–Kier alpha value is 0.0200. The van der Waals surface area contributed by atoms with Crippen LogP contribution >= 0.6 is 69.5 Å². The van der Waals surface area contributed by atoms with Gasteiger partial charge in [-0.2, -0.15) is 0 Å². The summed E-state index contributed by atoms with van der Waals surface area (Å²) in [7, 11) is 3.24. The Morgan fingerprint density at radius 3 is 1.85 bits per heavy atom. The molecule has 2 rings (SSSR count). The van der Waals surface area contributed by atoms with Crippen molar-refractivity contribution in [2.75, 3.05) is 0 Å². The molecule has 0 fully saturated rings. The molecule has 2 aromatic rings. The van der Waals surface area contributed by atoms with Crippen LogP contribution in [0.5, 0.6) is 0 Å². The molecule has 0 saturated carbocycles. The van der Waals surface area contributed by atoms with E-state index in [1.807, 2.05) is 48.5 Å². The highest BCUT2D eigenvalue weighted by Gasteiger charge is 2.07. The molecule has 6 heteroatoms. The Labute approximate surface area is 146 Å². The Bertz CT molecular complexity index is 567. The predicted molar refractivity (Wildman–Crippen MR) is 105 cm³/mol. The summed E-state index contributed by atoms with van der Waals surface area (Å²) in [4.78, 5) is 2.34. The summed E-state index contributed by atoms with van der Waals surface area (Å²) in [5.41, 5.74) is 0. The second-order valence-corrected chi connectivity index (χ2v) is 10.2. The third kappa shape index (κ3) is 6.20. The molecule has 0 saturated heterocycles. The molecule has 0 radical (unpaired) electrons. The van der Waals surface area contributed by atoms with Crippen molar-refractivity contribution in [1.29, 1.82) is 0 Å². The van der Waals surface area contributed by atoms with Gasteiger partial charge in [-0.05, 0) is 35.1 Å². The molecule has 0 heterocycles. The fourth-order valence-corrected chi connectivity index (χ4v) is 6.56. The molecule has 0 spiro atoms. The largest absolute Gasteiger partial charge is 0.121 e. The van der Waals surface area contributed by atoms with Crippen molar-refractivity contribution in [1.82, 2.24) is 0 Å². The second kappa shape index (κ2) is 9.12. The van der Waals surface area contributed by atoms with Crippen molar-refractivity contribution < 1.29 is 0 Å². The smallest absolute Gasteiger partial charge is 0.0711 e. The molecule has 0 nitrogen and oxygen atoms in total. The van der Waals surface area contributed by atoms with Crippen molar-refractivity contribution in [2.45, 2.75) is 9.79 Å². The molecule has 0 aromatic heterocycles. The third-order valence-corrected chi connectivity index (χ3v) is 7.71. The van der Waals surface area contributed by atoms with Crippen molar-refractivity contribution in [2.24, 2.45) is 0 Å². The molecule has 0 atom stereocenters. The predicted octanol–water partition coefficient (Wildman–Crippen LogP) is 6.52. The number of thiocarbonyl (C=S) groups is 2. The molecule has 0 aliphatic rings. The zero-order valence-corrected chi connectivity index (χ0v) is 15.1. The molecule has 0 amide bonds. The van der Waals surface area contributed by atoms with Crippen LogP contribution in [-0.2, 0) is 0 Å². The van der Waals surface area contributed by atoms with E-state index in [0.29, 0.717) is 0 Å². The van der Waals surface area contributed by atoms with Crippen LogP contribution in [0.2, 0.25) is 0 Å². The number of hydrogen-bond acceptors (Lipinski definition) is 6. The van der Waals surface area contributed by atoms with Gasteiger partial charge < -0.3 is 0 Å². The summed E-state index contributed by atoms with van der Waals surface area (Å²) in [6, 6.07) is 20.3. The van der Waals surface area contributed by atoms with Gasteiger partial charge >= 0.3 is 0 Å². The minimum absolute atomic E-state index is 0.836. The molecule has 0 bridgehead atoms. The van der Waals surface area contributed by atoms with E-state index in [0.717, 1.165) is 12.0 Å². The van der Waals surface area contributed by atoms with Crippen molar-refractivity contribution >= 4 is 76.6 Å². The molecule has 2 aromatic carbocycles. The van der Waals surface area contributed by atoms with Gasteiger partial charge in [0.1, 0.15) is 7.06 Å². The van der Waals surface area contributed by atoms with Gasteiger partial charge in [0.15, 0.2) is 0 Å². The lowest BCUT2D eigenvalue weighted by Crippen LogP contribution is -1.85. The molecule has 0 N–H and O–H groups in total. The van der Waals surface area contributed by atoms with Crippen LogP contribution in [0.25, 0.3) is 0 Å². The number of benzene rings is 2. The van der Waals surface area contributed by atoms with Crippen molar-refractivity contribution in [3.05, 3.63) is 60.7 Å². The monoisotopic (exact) mass is 370 g/mol. The molecular formula is C14H10S6. The van der Waals surface area contributed by atoms with E-state index in [4.69, 9.17) is 24.4 Å². The first-order chi connectivity index (χ1) is 9.74. The van der Waals surface area contributed by atoms with Crippen LogP contribution in [0.4, 0.5) is 0 Å². The molecule has 102 valence electrons. The average Bonchev–Trinajstić information content (AvgIpc) is 2.47. The number of rotatable bonds is 3. The Morgan fingerprint density at radius 2 is 1.25 bits per heavy atom. The van der Waals surface area contributed by atoms with Crippen LogP contribution in [0, 0.1) is 0 Å². The van der Waals surface area contributed by atoms with Gasteiger partial charge in [0.25, 0.3) is 0 Å². The summed E-state index contributed by atoms with van der Waals surface area (Å²) in [6.07, 6.45) is 0. The van der Waals surface area contributed by atoms with Crippen molar-refractivity contribution in [3.63, 3.8) is 0 Å². The maximum absolute atomic E-state index is 5.36. The first-order valence-electron chi connectivity index (χ1n) is 5.62. The standard InChI is InChI=1S/C14H10S6/c15-13(17-11-7-3-1-4-8-11)18-14(16)20-19-12-9-5-2-6-10-12/h1-10H. The molecule has 0 unspecified atom stereocenters. The fourth-order valence-electron chi connectivity index (χ4n) is 1.25. The lowest BCUT2D eigenvalue weighted by Gasteiger charge is -2.04. The van der Waals surface area contributed by atoms with Gasteiger partial charge in [0, 0.05) is 9.79 Å². The van der Waals surface area contributed by atoms with Gasteiger partial charge in [-0.1, -0.05) is 95.2 Å². The zero-order valence-electron chi connectivity index (χ0n) is 10.2. The lowest BCUT2D eigenvalue weighted by molar-refractivity contribution is 1.48. The van der Waals surface area contributed by atoms with E-state index in [2.05, 4.69) is 12.1 Å². The van der Waals surface area contributed by atoms with E-state index in [-0.39, 0.29) is 0 Å². The topological polar surface area (TPSA) is 0 Å². The minimum Gasteiger partial charge on any atom is -0.0711 e. The number of hydrogen-bond donors (Lipinski definition) is 0. The summed E-state index contributed by atoms with van der Waals surface area (Å²) >= 11 is 13.8. The van der Waals surface area contributed by atoms with Gasteiger partial charge in [-0.3, -0.25) is 0 Å². The van der Waals surface area contributed by atoms with Gasteiger partial charge in [0.05, 0.1) is 0 Å². The lowest BCUT2D eigenvalue weighted by atomic mass is 10.4. The minimum atomic E-state index is 0.836. The van der Waals surface area contributed by atoms with Gasteiger partial charge in [0.2, 0.25) is 0 Å². The Morgan fingerprint density at radius 1 is 0.700 bits per heavy atom. The Kier molecular flexibility index (Phi) is 7.48. The second-order valence-electron chi connectivity index (χ2n) is 3.50. The van der Waals surface area contributed by atoms with E-state index in [1.54, 1.807) is 33.3 Å². The van der Waals surface area contributed by atoms with Gasteiger partial charge in [-0.15, -0.1) is 0 Å². The average molecular weight is 371 g/mol. The molecular weight excluding hydrogens is 361 g/mol. The third-order valence-electron chi connectivity index (χ3n) is 2.06. The maximum Gasteiger partial charge on any atom is 0.121 e. The number of thioether (sulfide) groups is 2. The summed E-state index contributed by atoms with van der Waals surface area (Å²) < 4.78 is 1.68. The summed E-state index contributed by atoms with van der Waals surface area (Å²) in [6.45, 7) is 0. The van der Waals surface area contributed by atoms with Crippen LogP contribution in [-0.4, -0.2) is 7.06 Å². The van der Waals surface area contributed by atoms with E-state index in [9.17, 15) is 0 Å². The summed E-state index contributed by atoms with van der Waals surface area (Å²) in [5.74, 6) is 0. The zero-order chi connectivity index (χ0) is 14.2. The highest BCUT2D eigenvalue weighted by atomic mass is 33.1. The normalized spacial score (nSPS) is 10.2. The van der Waals surface area contributed by atoms with Crippen LogP contribution < -0.4 is 0 Å². The fraction of sp³-hybridized carbons (Fsp3) is 0. The molecule has 0 aliphatic heterocycles. The van der Waals surface area contributed by atoms with Crippen molar-refractivity contribution in [3.8, 4) is 0 Å². The van der Waals surface area contributed by atoms with E-state index >= 15 is 0 Å². The highest BCUT2D eigenvalue weighted by molar-refractivity contribution is 8.89. The molecule has 0 aliphatic carbocycles. The first kappa shape index (κ1) is 16.4. The van der Waals surface area contributed by atoms with Crippen LogP contribution in [0.1, 0.15) is 0 Å². The van der Waals surface area contributed by atoms with Gasteiger partial charge in [-0.25, -0.2) is 0 Å². The maximum atomic E-state index is 5.36. The first-order valence-corrected chi connectivity index (χ1v) is 10.2. The van der Waals surface area contributed by atoms with E-state index < -0.39 is 0 Å².